The SMILES string of the molecule is CC(C)OC(=O)N1c2ccc(C(F)(F)F)cc2C(N(Cc2cc(C(F)(F)F)cc(C(F)(F)F)c2)c2nnn([C@H]3CCN(Cc4ccccc4)C3)n2)CC1C. The molecule has 0 spiro atoms. The van der Waals surface area contributed by atoms with Gasteiger partial charge in [-0.05, 0) is 91.9 Å². The topological polar surface area (TPSA) is 79.6 Å². The summed E-state index contributed by atoms with van der Waals surface area (Å²) in [4.78, 5) is 19.2. The number of alkyl halides is 9. The highest BCUT2D eigenvalue weighted by molar-refractivity contribution is 5.90. The quantitative estimate of drug-likeness (QED) is 0.166. The molecule has 6 rings (SSSR count). The molecular weight excluding hydrogens is 733 g/mol. The second kappa shape index (κ2) is 14.8. The van der Waals surface area contributed by atoms with Crippen LogP contribution in [0.25, 0.3) is 0 Å². The molecule has 2 aliphatic heterocycles. The van der Waals surface area contributed by atoms with E-state index in [-0.39, 0.29) is 35.7 Å². The first kappa shape index (κ1) is 38.8. The van der Waals surface area contributed by atoms with Gasteiger partial charge in [-0.2, -0.15) is 44.3 Å². The Morgan fingerprint density at radius 3 is 2.13 bits per heavy atom. The minimum Gasteiger partial charge on any atom is -0.446 e. The maximum absolute atomic E-state index is 14.1. The van der Waals surface area contributed by atoms with Crippen LogP contribution in [0.3, 0.4) is 0 Å². The summed E-state index contributed by atoms with van der Waals surface area (Å²) in [6, 6.07) is 11.2. The van der Waals surface area contributed by atoms with Crippen molar-refractivity contribution < 1.29 is 49.0 Å². The molecule has 0 N–H and O–H groups in total. The number of rotatable bonds is 8. The highest BCUT2D eigenvalue weighted by Gasteiger charge is 2.43. The summed E-state index contributed by atoms with van der Waals surface area (Å²) in [7, 11) is 0. The van der Waals surface area contributed by atoms with Crippen LogP contribution in [0.2, 0.25) is 0 Å². The van der Waals surface area contributed by atoms with Crippen LogP contribution in [-0.4, -0.2) is 56.4 Å². The largest absolute Gasteiger partial charge is 0.446 e. The zero-order valence-corrected chi connectivity index (χ0v) is 29.3. The van der Waals surface area contributed by atoms with Gasteiger partial charge < -0.3 is 9.64 Å². The first-order chi connectivity index (χ1) is 25.3. The van der Waals surface area contributed by atoms with E-state index >= 15 is 0 Å². The minimum absolute atomic E-state index is 0.00450. The average Bonchev–Trinajstić information content (AvgIpc) is 3.76. The molecule has 1 fully saturated rings. The van der Waals surface area contributed by atoms with Gasteiger partial charge >= 0.3 is 24.6 Å². The molecule has 1 amide bonds. The number of likely N-dealkylation sites (tertiary alicyclic amines) is 1. The van der Waals surface area contributed by atoms with Crippen LogP contribution in [0, 0.1) is 0 Å². The lowest BCUT2D eigenvalue weighted by molar-refractivity contribution is -0.143. The molecule has 2 aliphatic rings. The van der Waals surface area contributed by atoms with Crippen molar-refractivity contribution >= 4 is 17.7 Å². The van der Waals surface area contributed by atoms with Gasteiger partial charge in [0.15, 0.2) is 0 Å². The van der Waals surface area contributed by atoms with E-state index in [1.54, 1.807) is 20.8 Å². The number of benzene rings is 3. The number of halogens is 9. The molecule has 4 aromatic rings. The van der Waals surface area contributed by atoms with E-state index in [1.165, 1.54) is 14.6 Å². The number of carbonyl (C=O) groups is 1. The summed E-state index contributed by atoms with van der Waals surface area (Å²) in [5, 5.41) is 12.9. The summed E-state index contributed by atoms with van der Waals surface area (Å²) in [6.45, 7) is 5.90. The lowest BCUT2D eigenvalue weighted by Crippen LogP contribution is -2.47. The standard InChI is InChI=1S/C36H36F9N7O2/c1-21(2)54-33(53)51-22(3)13-31(29-17-25(34(37,38)39)9-10-30(29)51)50(19-24-14-26(35(40,41)42)16-27(15-24)36(43,44)45)32-46-48-52(47-32)28-11-12-49(20-28)18-23-7-5-4-6-8-23/h4-10,14-17,21-22,28,31H,11-13,18-20H2,1-3H3/t22?,28-,31?/m0/s1. The summed E-state index contributed by atoms with van der Waals surface area (Å²) in [6.07, 6.45) is -16.1. The average molecular weight is 770 g/mol. The van der Waals surface area contributed by atoms with Crippen molar-refractivity contribution in [1.82, 2.24) is 25.1 Å². The van der Waals surface area contributed by atoms with Crippen LogP contribution in [0.4, 0.5) is 55.9 Å². The fraction of sp³-hybridized carbons (Fsp3) is 0.444. The van der Waals surface area contributed by atoms with Gasteiger partial charge in [0.05, 0.1) is 40.6 Å². The Hall–Kier alpha value is -4.87. The fourth-order valence-corrected chi connectivity index (χ4v) is 6.94. The summed E-state index contributed by atoms with van der Waals surface area (Å²) in [5.41, 5.74) is -3.66. The molecule has 3 aromatic carbocycles. The lowest BCUT2D eigenvalue weighted by Gasteiger charge is -2.43. The van der Waals surface area contributed by atoms with Crippen molar-refractivity contribution in [3.8, 4) is 0 Å². The van der Waals surface area contributed by atoms with Gasteiger partial charge in [0.1, 0.15) is 0 Å². The third-order valence-corrected chi connectivity index (χ3v) is 9.39. The molecule has 54 heavy (non-hydrogen) atoms. The lowest BCUT2D eigenvalue weighted by atomic mass is 9.89. The predicted octanol–water partition coefficient (Wildman–Crippen LogP) is 9.07. The van der Waals surface area contributed by atoms with Crippen molar-refractivity contribution in [2.24, 2.45) is 0 Å². The van der Waals surface area contributed by atoms with Gasteiger partial charge in [0, 0.05) is 32.2 Å². The molecule has 0 radical (unpaired) electrons. The van der Waals surface area contributed by atoms with Gasteiger partial charge in [0.2, 0.25) is 0 Å². The maximum Gasteiger partial charge on any atom is 0.416 e. The maximum atomic E-state index is 14.1. The van der Waals surface area contributed by atoms with Gasteiger partial charge in [-0.3, -0.25) is 9.80 Å². The van der Waals surface area contributed by atoms with Crippen LogP contribution in [0.5, 0.6) is 0 Å². The number of tetrazole rings is 1. The number of hydrogen-bond acceptors (Lipinski definition) is 7. The second-order valence-electron chi connectivity index (χ2n) is 13.8. The molecular formula is C36H36F9N7O2. The highest BCUT2D eigenvalue weighted by atomic mass is 19.4. The zero-order valence-electron chi connectivity index (χ0n) is 29.3. The number of fused-ring (bicyclic) bond motifs is 1. The molecule has 3 atom stereocenters. The third kappa shape index (κ3) is 8.58. The Morgan fingerprint density at radius 2 is 1.52 bits per heavy atom. The number of anilines is 2. The first-order valence-corrected chi connectivity index (χ1v) is 17.1. The normalized spacial score (nSPS) is 19.6. The van der Waals surface area contributed by atoms with E-state index < -0.39 is 71.6 Å². The van der Waals surface area contributed by atoms with E-state index in [1.807, 2.05) is 30.3 Å². The highest BCUT2D eigenvalue weighted by Crippen LogP contribution is 2.46. The molecule has 1 aromatic heterocycles. The van der Waals surface area contributed by atoms with Crippen LogP contribution < -0.4 is 9.80 Å². The van der Waals surface area contributed by atoms with Crippen LogP contribution in [0.15, 0.2) is 66.7 Å². The molecule has 9 nitrogen and oxygen atoms in total. The van der Waals surface area contributed by atoms with Crippen molar-refractivity contribution in [2.45, 2.75) is 89.5 Å². The van der Waals surface area contributed by atoms with E-state index in [2.05, 4.69) is 20.3 Å². The number of aromatic nitrogens is 4. The Balaban J connectivity index is 1.44. The Morgan fingerprint density at radius 1 is 0.870 bits per heavy atom. The van der Waals surface area contributed by atoms with Gasteiger partial charge in [0.25, 0.3) is 5.95 Å². The number of nitrogens with zero attached hydrogens (tertiary/aromatic N) is 7. The first-order valence-electron chi connectivity index (χ1n) is 17.1. The zero-order chi connectivity index (χ0) is 39.2. The van der Waals surface area contributed by atoms with E-state index in [0.717, 1.165) is 23.8 Å². The van der Waals surface area contributed by atoms with Gasteiger partial charge in [-0.25, -0.2) is 4.79 Å². The van der Waals surface area contributed by atoms with Crippen LogP contribution in [-0.2, 0) is 36.4 Å². The molecule has 0 aliphatic carbocycles. The van der Waals surface area contributed by atoms with Crippen LogP contribution >= 0.6 is 0 Å². The third-order valence-electron chi connectivity index (χ3n) is 9.39. The minimum atomic E-state index is -5.15. The second-order valence-corrected chi connectivity index (χ2v) is 13.8. The summed E-state index contributed by atoms with van der Waals surface area (Å²) >= 11 is 0. The Labute approximate surface area is 304 Å². The molecule has 2 unspecified atom stereocenters. The number of ether oxygens (including phenoxy) is 1. The van der Waals surface area contributed by atoms with Crippen molar-refractivity contribution in [3.05, 3.63) is 100 Å². The molecule has 0 bridgehead atoms. The van der Waals surface area contributed by atoms with Crippen LogP contribution in [0.1, 0.15) is 79.1 Å². The Kier molecular flexibility index (Phi) is 10.6. The van der Waals surface area contributed by atoms with Crippen molar-refractivity contribution in [3.63, 3.8) is 0 Å². The van der Waals surface area contributed by atoms with Gasteiger partial charge in [-0.1, -0.05) is 35.4 Å². The number of amides is 1. The summed E-state index contributed by atoms with van der Waals surface area (Å²) < 4.78 is 131. The van der Waals surface area contributed by atoms with E-state index in [9.17, 15) is 44.3 Å². The monoisotopic (exact) mass is 769 g/mol. The molecule has 0 saturated carbocycles. The predicted molar refractivity (Wildman–Crippen MR) is 178 cm³/mol. The molecule has 1 saturated heterocycles. The van der Waals surface area contributed by atoms with E-state index in [0.29, 0.717) is 38.2 Å². The smallest absolute Gasteiger partial charge is 0.416 e. The van der Waals surface area contributed by atoms with Crippen molar-refractivity contribution in [2.75, 3.05) is 22.9 Å². The molecule has 290 valence electrons. The number of hydrogen-bond donors (Lipinski definition) is 0. The van der Waals surface area contributed by atoms with Gasteiger partial charge in [-0.15, -0.1) is 5.10 Å². The number of carbonyl (C=O) groups excluding carboxylic acids is 1. The molecule has 18 heteroatoms. The Bertz CT molecular complexity index is 1910. The fourth-order valence-electron chi connectivity index (χ4n) is 6.94. The van der Waals surface area contributed by atoms with Crippen molar-refractivity contribution in [1.29, 1.82) is 0 Å². The molecule has 3 heterocycles. The summed E-state index contributed by atoms with van der Waals surface area (Å²) in [5.74, 6) is -0.235. The van der Waals surface area contributed by atoms with E-state index in [4.69, 9.17) is 4.74 Å².